The number of fused-ring (bicyclic) bond motifs is 2. The molecule has 4 aromatic rings. The fraction of sp³-hybridized carbons (Fsp3) is 0.333. The molecular formula is C24H26N6O2. The zero-order valence-corrected chi connectivity index (χ0v) is 18.4. The fourth-order valence-electron chi connectivity index (χ4n) is 3.56. The Morgan fingerprint density at radius 3 is 2.81 bits per heavy atom. The van der Waals surface area contributed by atoms with Crippen molar-refractivity contribution < 1.29 is 9.90 Å². The van der Waals surface area contributed by atoms with Crippen molar-refractivity contribution in [3.8, 4) is 11.8 Å². The monoisotopic (exact) mass is 430 g/mol. The van der Waals surface area contributed by atoms with Gasteiger partial charge in [0.05, 0.1) is 16.6 Å². The number of nitrogens with zero attached hydrogens (tertiary/aromatic N) is 4. The summed E-state index contributed by atoms with van der Waals surface area (Å²) in [6.45, 7) is 6.35. The van der Waals surface area contributed by atoms with Gasteiger partial charge in [0.25, 0.3) is 5.91 Å². The summed E-state index contributed by atoms with van der Waals surface area (Å²) in [5.41, 5.74) is 3.19. The molecule has 164 valence electrons. The molecule has 0 aliphatic heterocycles. The van der Waals surface area contributed by atoms with E-state index in [0.717, 1.165) is 35.5 Å². The van der Waals surface area contributed by atoms with Gasteiger partial charge in [0, 0.05) is 30.1 Å². The van der Waals surface area contributed by atoms with Crippen LogP contribution in [0.4, 0.5) is 0 Å². The second-order valence-electron chi connectivity index (χ2n) is 8.63. The number of nitrogens with one attached hydrogen (secondary N) is 2. The number of benzene rings is 1. The van der Waals surface area contributed by atoms with Crippen molar-refractivity contribution in [1.29, 1.82) is 0 Å². The van der Waals surface area contributed by atoms with Crippen LogP contribution in [0.5, 0.6) is 0 Å². The molecule has 3 N–H and O–H groups in total. The molecule has 3 heterocycles. The molecule has 0 unspecified atom stereocenters. The molecule has 0 bridgehead atoms. The molecule has 3 aromatic heterocycles. The van der Waals surface area contributed by atoms with E-state index >= 15 is 0 Å². The second-order valence-corrected chi connectivity index (χ2v) is 8.63. The van der Waals surface area contributed by atoms with Gasteiger partial charge in [0.15, 0.2) is 5.65 Å². The summed E-state index contributed by atoms with van der Waals surface area (Å²) in [7, 11) is 0. The van der Waals surface area contributed by atoms with E-state index < -0.39 is 0 Å². The van der Waals surface area contributed by atoms with E-state index in [0.29, 0.717) is 23.3 Å². The van der Waals surface area contributed by atoms with Crippen LogP contribution in [0.1, 0.15) is 54.8 Å². The number of aliphatic hydroxyl groups excluding tert-OH is 1. The maximum atomic E-state index is 13.0. The Kier molecular flexibility index (Phi) is 5.93. The molecule has 0 fully saturated rings. The largest absolute Gasteiger partial charge is 0.384 e. The summed E-state index contributed by atoms with van der Waals surface area (Å²) in [5, 5.41) is 20.6. The lowest BCUT2D eigenvalue weighted by Crippen LogP contribution is -2.26. The van der Waals surface area contributed by atoms with Gasteiger partial charge in [-0.25, -0.2) is 4.98 Å². The Morgan fingerprint density at radius 2 is 2.06 bits per heavy atom. The van der Waals surface area contributed by atoms with Crippen molar-refractivity contribution in [3.05, 3.63) is 59.3 Å². The van der Waals surface area contributed by atoms with Crippen LogP contribution < -0.4 is 5.32 Å². The molecule has 4 rings (SSSR count). The summed E-state index contributed by atoms with van der Waals surface area (Å²) in [5.74, 6) is 6.92. The zero-order valence-electron chi connectivity index (χ0n) is 18.4. The van der Waals surface area contributed by atoms with Gasteiger partial charge in [0.2, 0.25) is 0 Å². The molecule has 0 saturated carbocycles. The molecule has 0 saturated heterocycles. The summed E-state index contributed by atoms with van der Waals surface area (Å²) in [6.07, 6.45) is 3.27. The van der Waals surface area contributed by atoms with Crippen molar-refractivity contribution >= 4 is 22.6 Å². The lowest BCUT2D eigenvalue weighted by molar-refractivity contribution is 0.0954. The SMILES string of the molecule is CC(C)(C)c1nnc2c(C(=O)NCCCc3nc4ccccc4[nH]3)cc(C#CCO)cn12. The Bertz CT molecular complexity index is 1300. The molecule has 0 aliphatic rings. The summed E-state index contributed by atoms with van der Waals surface area (Å²) < 4.78 is 1.81. The number of para-hydroxylation sites is 2. The predicted molar refractivity (Wildman–Crippen MR) is 122 cm³/mol. The maximum Gasteiger partial charge on any atom is 0.255 e. The van der Waals surface area contributed by atoms with Crippen LogP contribution in [0.3, 0.4) is 0 Å². The van der Waals surface area contributed by atoms with Crippen molar-refractivity contribution in [2.24, 2.45) is 0 Å². The van der Waals surface area contributed by atoms with Crippen LogP contribution in [0.25, 0.3) is 16.7 Å². The third kappa shape index (κ3) is 4.48. The second kappa shape index (κ2) is 8.81. The first-order valence-electron chi connectivity index (χ1n) is 10.6. The topological polar surface area (TPSA) is 108 Å². The molecule has 1 amide bonds. The number of imidazole rings is 1. The first-order chi connectivity index (χ1) is 15.4. The lowest BCUT2D eigenvalue weighted by atomic mass is 9.96. The number of aromatic amines is 1. The third-order valence-corrected chi connectivity index (χ3v) is 5.05. The van der Waals surface area contributed by atoms with Gasteiger partial charge in [-0.15, -0.1) is 10.2 Å². The Morgan fingerprint density at radius 1 is 1.25 bits per heavy atom. The van der Waals surface area contributed by atoms with Crippen LogP contribution >= 0.6 is 0 Å². The molecule has 0 radical (unpaired) electrons. The number of H-pyrrole nitrogens is 1. The van der Waals surface area contributed by atoms with Crippen molar-refractivity contribution in [1.82, 2.24) is 29.9 Å². The van der Waals surface area contributed by atoms with E-state index in [2.05, 4.69) is 37.3 Å². The summed E-state index contributed by atoms with van der Waals surface area (Å²) >= 11 is 0. The first kappa shape index (κ1) is 21.5. The normalized spacial score (nSPS) is 11.5. The van der Waals surface area contributed by atoms with Crippen LogP contribution in [0.2, 0.25) is 0 Å². The van der Waals surface area contributed by atoms with Crippen molar-refractivity contribution in [2.75, 3.05) is 13.2 Å². The smallest absolute Gasteiger partial charge is 0.255 e. The van der Waals surface area contributed by atoms with E-state index in [1.807, 2.05) is 49.4 Å². The number of amides is 1. The maximum absolute atomic E-state index is 13.0. The van der Waals surface area contributed by atoms with Crippen LogP contribution in [-0.4, -0.2) is 48.7 Å². The van der Waals surface area contributed by atoms with Gasteiger partial charge >= 0.3 is 0 Å². The average Bonchev–Trinajstić information content (AvgIpc) is 3.38. The number of carbonyl (C=O) groups excluding carboxylic acids is 1. The predicted octanol–water partition coefficient (Wildman–Crippen LogP) is 2.61. The van der Waals surface area contributed by atoms with Crippen LogP contribution in [0, 0.1) is 11.8 Å². The Balaban J connectivity index is 1.51. The molecule has 8 nitrogen and oxygen atoms in total. The molecule has 1 aromatic carbocycles. The highest BCUT2D eigenvalue weighted by molar-refractivity contribution is 6.00. The third-order valence-electron chi connectivity index (χ3n) is 5.05. The first-order valence-corrected chi connectivity index (χ1v) is 10.6. The van der Waals surface area contributed by atoms with Crippen molar-refractivity contribution in [2.45, 2.75) is 39.0 Å². The summed E-state index contributed by atoms with van der Waals surface area (Å²) in [6, 6.07) is 9.59. The van der Waals surface area contributed by atoms with E-state index in [4.69, 9.17) is 5.11 Å². The zero-order chi connectivity index (χ0) is 22.7. The summed E-state index contributed by atoms with van der Waals surface area (Å²) in [4.78, 5) is 20.9. The quantitative estimate of drug-likeness (QED) is 0.333. The number of aliphatic hydroxyl groups is 1. The van der Waals surface area contributed by atoms with Gasteiger partial charge in [0.1, 0.15) is 18.3 Å². The molecular weight excluding hydrogens is 404 g/mol. The van der Waals surface area contributed by atoms with E-state index in [1.54, 1.807) is 12.3 Å². The van der Waals surface area contributed by atoms with Gasteiger partial charge < -0.3 is 15.4 Å². The minimum absolute atomic E-state index is 0.236. The molecule has 0 atom stereocenters. The average molecular weight is 431 g/mol. The number of carbonyl (C=O) groups is 1. The molecule has 0 spiro atoms. The van der Waals surface area contributed by atoms with Gasteiger partial charge in [-0.05, 0) is 24.6 Å². The van der Waals surface area contributed by atoms with Crippen molar-refractivity contribution in [3.63, 3.8) is 0 Å². The Hall–Kier alpha value is -3.70. The number of rotatable bonds is 5. The van der Waals surface area contributed by atoms with Gasteiger partial charge in [-0.3, -0.25) is 9.20 Å². The number of aryl methyl sites for hydroxylation is 1. The van der Waals surface area contributed by atoms with Crippen LogP contribution in [-0.2, 0) is 11.8 Å². The minimum Gasteiger partial charge on any atom is -0.384 e. The standard InChI is InChI=1S/C24H26N6O2/c1-24(2,3)23-29-28-21-17(14-16(8-7-13-31)15-30(21)23)22(32)25-12-6-11-20-26-18-9-4-5-10-19(18)27-20/h4-5,9-10,14-15,31H,6,11-13H2,1-3H3,(H,25,32)(H,26,27). The number of pyridine rings is 1. The number of hydrogen-bond acceptors (Lipinski definition) is 5. The van der Waals surface area contributed by atoms with Crippen LogP contribution in [0.15, 0.2) is 36.5 Å². The highest BCUT2D eigenvalue weighted by Crippen LogP contribution is 2.23. The van der Waals surface area contributed by atoms with E-state index in [1.165, 1.54) is 0 Å². The van der Waals surface area contributed by atoms with E-state index in [-0.39, 0.29) is 17.9 Å². The van der Waals surface area contributed by atoms with Gasteiger partial charge in [-0.2, -0.15) is 0 Å². The van der Waals surface area contributed by atoms with Gasteiger partial charge in [-0.1, -0.05) is 44.7 Å². The minimum atomic E-state index is -0.261. The molecule has 32 heavy (non-hydrogen) atoms. The lowest BCUT2D eigenvalue weighted by Gasteiger charge is -2.16. The number of aromatic nitrogens is 5. The molecule has 0 aliphatic carbocycles. The number of hydrogen-bond donors (Lipinski definition) is 3. The highest BCUT2D eigenvalue weighted by atomic mass is 16.2. The van der Waals surface area contributed by atoms with E-state index in [9.17, 15) is 4.79 Å². The Labute approximate surface area is 186 Å². The fourth-order valence-corrected chi connectivity index (χ4v) is 3.56. The highest BCUT2D eigenvalue weighted by Gasteiger charge is 2.24. The molecule has 8 heteroatoms.